The van der Waals surface area contributed by atoms with Crippen LogP contribution < -0.4 is 4.74 Å². The topological polar surface area (TPSA) is 26.3 Å². The van der Waals surface area contributed by atoms with Crippen molar-refractivity contribution in [3.63, 3.8) is 0 Å². The third-order valence-electron chi connectivity index (χ3n) is 2.49. The Morgan fingerprint density at radius 1 is 0.947 bits per heavy atom. The Kier molecular flexibility index (Phi) is 3.60. The molecule has 2 aromatic carbocycles. The van der Waals surface area contributed by atoms with Gasteiger partial charge in [-0.05, 0) is 36.4 Å². The van der Waals surface area contributed by atoms with Crippen molar-refractivity contribution in [2.24, 2.45) is 0 Å². The van der Waals surface area contributed by atoms with Crippen LogP contribution in [0, 0.1) is 0 Å². The first-order chi connectivity index (χ1) is 8.97. The highest BCUT2D eigenvalue weighted by Gasteiger charge is 2.32. The van der Waals surface area contributed by atoms with Gasteiger partial charge in [-0.1, -0.05) is 18.2 Å². The predicted molar refractivity (Wildman–Crippen MR) is 67.9 cm³/mol. The van der Waals surface area contributed by atoms with Gasteiger partial charge in [0.25, 0.3) is 0 Å². The zero-order chi connectivity index (χ0) is 13.9. The van der Waals surface area contributed by atoms with E-state index in [9.17, 15) is 13.6 Å². The molecule has 0 unspecified atom stereocenters. The van der Waals surface area contributed by atoms with E-state index in [-0.39, 0.29) is 5.56 Å². The molecule has 4 heteroatoms. The maximum absolute atomic E-state index is 12.9. The van der Waals surface area contributed by atoms with Crippen LogP contribution in [0.4, 0.5) is 8.78 Å². The fourth-order valence-electron chi connectivity index (χ4n) is 1.55. The number of carbonyl (C=O) groups excluding carboxylic acids is 1. The second kappa shape index (κ2) is 5.18. The van der Waals surface area contributed by atoms with Gasteiger partial charge in [0, 0.05) is 12.5 Å². The van der Waals surface area contributed by atoms with Crippen molar-refractivity contribution in [3.8, 4) is 11.5 Å². The van der Waals surface area contributed by atoms with Gasteiger partial charge in [0.2, 0.25) is 5.78 Å². The molecule has 0 aromatic heterocycles. The van der Waals surface area contributed by atoms with Crippen molar-refractivity contribution < 1.29 is 18.3 Å². The fourth-order valence-corrected chi connectivity index (χ4v) is 1.55. The lowest BCUT2D eigenvalue weighted by atomic mass is 10.1. The molecule has 0 N–H and O–H groups in total. The minimum absolute atomic E-state index is 0.0343. The van der Waals surface area contributed by atoms with Gasteiger partial charge in [-0.2, -0.15) is 8.78 Å². The number of Topliss-reactive ketones (excluding diaryl/α,β-unsaturated/α-hetero) is 1. The Morgan fingerprint density at radius 2 is 1.47 bits per heavy atom. The molecule has 0 amide bonds. The predicted octanol–water partition coefficient (Wildman–Crippen LogP) is 4.32. The molecule has 2 aromatic rings. The summed E-state index contributed by atoms with van der Waals surface area (Å²) in [5.74, 6) is -3.43. The summed E-state index contributed by atoms with van der Waals surface area (Å²) in [5.41, 5.74) is -0.0343. The molecule has 0 aliphatic rings. The molecule has 2 rings (SSSR count). The average molecular weight is 262 g/mol. The van der Waals surface area contributed by atoms with E-state index in [0.717, 1.165) is 0 Å². The van der Waals surface area contributed by atoms with Gasteiger partial charge in [-0.15, -0.1) is 0 Å². The number of hydrogen-bond donors (Lipinski definition) is 0. The van der Waals surface area contributed by atoms with Crippen molar-refractivity contribution in [1.29, 1.82) is 0 Å². The van der Waals surface area contributed by atoms with E-state index in [2.05, 4.69) is 0 Å². The van der Waals surface area contributed by atoms with Crippen LogP contribution in [0.15, 0.2) is 54.6 Å². The van der Waals surface area contributed by atoms with Crippen LogP contribution in [-0.4, -0.2) is 11.7 Å². The molecular formula is C15H12F2O2. The van der Waals surface area contributed by atoms with Gasteiger partial charge < -0.3 is 4.74 Å². The standard InChI is InChI=1S/C15H12F2O2/c1-15(16,17)14(18)11-7-9-13(10-8-11)19-12-5-3-2-4-6-12/h2-10H,1H3. The summed E-state index contributed by atoms with van der Waals surface area (Å²) in [5, 5.41) is 0. The van der Waals surface area contributed by atoms with Gasteiger partial charge in [0.05, 0.1) is 0 Å². The Labute approximate surface area is 109 Å². The van der Waals surface area contributed by atoms with Crippen molar-refractivity contribution in [1.82, 2.24) is 0 Å². The monoisotopic (exact) mass is 262 g/mol. The molecule has 0 radical (unpaired) electrons. The lowest BCUT2D eigenvalue weighted by Crippen LogP contribution is -2.24. The van der Waals surface area contributed by atoms with Crippen LogP contribution >= 0.6 is 0 Å². The smallest absolute Gasteiger partial charge is 0.307 e. The minimum atomic E-state index is -3.36. The summed E-state index contributed by atoms with van der Waals surface area (Å²) in [7, 11) is 0. The van der Waals surface area contributed by atoms with E-state index in [4.69, 9.17) is 4.74 Å². The van der Waals surface area contributed by atoms with Gasteiger partial charge >= 0.3 is 5.92 Å². The van der Waals surface area contributed by atoms with Crippen LogP contribution in [-0.2, 0) is 0 Å². The molecule has 19 heavy (non-hydrogen) atoms. The first kappa shape index (κ1) is 13.2. The van der Waals surface area contributed by atoms with E-state index >= 15 is 0 Å². The first-order valence-corrected chi connectivity index (χ1v) is 5.72. The molecule has 98 valence electrons. The molecule has 0 atom stereocenters. The molecule has 0 fully saturated rings. The molecule has 0 heterocycles. The highest BCUT2D eigenvalue weighted by molar-refractivity contribution is 6.01. The van der Waals surface area contributed by atoms with Gasteiger partial charge in [0.1, 0.15) is 11.5 Å². The lowest BCUT2D eigenvalue weighted by molar-refractivity contribution is 0.0221. The van der Waals surface area contributed by atoms with Gasteiger partial charge in [-0.25, -0.2) is 0 Å². The molecule has 0 saturated carbocycles. The summed E-state index contributed by atoms with van der Waals surface area (Å²) in [6, 6.07) is 14.7. The van der Waals surface area contributed by atoms with E-state index < -0.39 is 11.7 Å². The number of para-hydroxylation sites is 1. The summed E-state index contributed by atoms with van der Waals surface area (Å²) < 4.78 is 31.2. The van der Waals surface area contributed by atoms with E-state index in [0.29, 0.717) is 18.4 Å². The van der Waals surface area contributed by atoms with Crippen LogP contribution in [0.2, 0.25) is 0 Å². The number of halogens is 2. The van der Waals surface area contributed by atoms with Crippen molar-refractivity contribution >= 4 is 5.78 Å². The second-order valence-corrected chi connectivity index (χ2v) is 4.16. The number of alkyl halides is 2. The SMILES string of the molecule is CC(F)(F)C(=O)c1ccc(Oc2ccccc2)cc1. The Hall–Kier alpha value is -2.23. The second-order valence-electron chi connectivity index (χ2n) is 4.16. The third-order valence-corrected chi connectivity index (χ3v) is 2.49. The van der Waals surface area contributed by atoms with Crippen molar-refractivity contribution in [2.75, 3.05) is 0 Å². The number of rotatable bonds is 4. The van der Waals surface area contributed by atoms with Gasteiger partial charge in [0.15, 0.2) is 0 Å². The summed E-state index contributed by atoms with van der Waals surface area (Å²) >= 11 is 0. The number of benzene rings is 2. The van der Waals surface area contributed by atoms with Crippen molar-refractivity contribution in [2.45, 2.75) is 12.8 Å². The Morgan fingerprint density at radius 3 is 2.00 bits per heavy atom. The molecule has 0 aliphatic carbocycles. The highest BCUT2D eigenvalue weighted by atomic mass is 19.3. The maximum atomic E-state index is 12.9. The quantitative estimate of drug-likeness (QED) is 0.767. The molecule has 0 spiro atoms. The van der Waals surface area contributed by atoms with Crippen LogP contribution in [0.1, 0.15) is 17.3 Å². The van der Waals surface area contributed by atoms with Crippen molar-refractivity contribution in [3.05, 3.63) is 60.2 Å². The largest absolute Gasteiger partial charge is 0.457 e. The van der Waals surface area contributed by atoms with Gasteiger partial charge in [-0.3, -0.25) is 4.79 Å². The van der Waals surface area contributed by atoms with Crippen LogP contribution in [0.3, 0.4) is 0 Å². The normalized spacial score (nSPS) is 11.1. The molecular weight excluding hydrogens is 250 g/mol. The molecule has 2 nitrogen and oxygen atoms in total. The zero-order valence-corrected chi connectivity index (χ0v) is 10.3. The zero-order valence-electron chi connectivity index (χ0n) is 10.3. The van der Waals surface area contributed by atoms with Crippen LogP contribution in [0.25, 0.3) is 0 Å². The third kappa shape index (κ3) is 3.37. The number of hydrogen-bond acceptors (Lipinski definition) is 2. The Balaban J connectivity index is 2.13. The van der Waals surface area contributed by atoms with E-state index in [1.807, 2.05) is 18.2 Å². The summed E-state index contributed by atoms with van der Waals surface area (Å²) in [6.07, 6.45) is 0. The Bertz CT molecular complexity index is 557. The molecule has 0 aliphatic heterocycles. The molecule has 0 saturated heterocycles. The summed E-state index contributed by atoms with van der Waals surface area (Å²) in [6.45, 7) is 0.587. The lowest BCUT2D eigenvalue weighted by Gasteiger charge is -2.10. The van der Waals surface area contributed by atoms with E-state index in [1.54, 1.807) is 12.1 Å². The van der Waals surface area contributed by atoms with Crippen LogP contribution in [0.5, 0.6) is 11.5 Å². The minimum Gasteiger partial charge on any atom is -0.457 e. The molecule has 0 bridgehead atoms. The number of ketones is 1. The summed E-state index contributed by atoms with van der Waals surface area (Å²) in [4.78, 5) is 11.3. The fraction of sp³-hybridized carbons (Fsp3) is 0.133. The maximum Gasteiger partial charge on any atom is 0.307 e. The van der Waals surface area contributed by atoms with E-state index in [1.165, 1.54) is 24.3 Å². The average Bonchev–Trinajstić information content (AvgIpc) is 2.39. The highest BCUT2D eigenvalue weighted by Crippen LogP contribution is 2.24. The number of carbonyl (C=O) groups is 1. The number of ether oxygens (including phenoxy) is 1. The first-order valence-electron chi connectivity index (χ1n) is 5.72.